The van der Waals surface area contributed by atoms with Gasteiger partial charge in [-0.2, -0.15) is 0 Å². The van der Waals surface area contributed by atoms with Crippen molar-refractivity contribution in [2.45, 2.75) is 77.7 Å². The smallest absolute Gasteiger partial charge is 0.407 e. The van der Waals surface area contributed by atoms with Gasteiger partial charge in [0.05, 0.1) is 19.3 Å². The molecule has 0 saturated carbocycles. The molecule has 35 heavy (non-hydrogen) atoms. The maximum absolute atomic E-state index is 14.4. The number of amides is 2. The number of rotatable bonds is 8. The van der Waals surface area contributed by atoms with Gasteiger partial charge in [-0.3, -0.25) is 4.79 Å². The van der Waals surface area contributed by atoms with Crippen LogP contribution in [0.15, 0.2) is 42.5 Å². The van der Waals surface area contributed by atoms with E-state index in [1.807, 2.05) is 20.8 Å². The van der Waals surface area contributed by atoms with E-state index in [0.29, 0.717) is 22.4 Å². The molecule has 0 spiro atoms. The van der Waals surface area contributed by atoms with Crippen molar-refractivity contribution in [2.75, 3.05) is 7.11 Å². The van der Waals surface area contributed by atoms with Crippen LogP contribution in [0.1, 0.15) is 63.0 Å². The van der Waals surface area contributed by atoms with Crippen molar-refractivity contribution in [1.82, 2.24) is 10.6 Å². The van der Waals surface area contributed by atoms with Crippen LogP contribution in [0.3, 0.4) is 0 Å². The second kappa shape index (κ2) is 11.5. The Morgan fingerprint density at radius 3 is 2.23 bits per heavy atom. The van der Waals surface area contributed by atoms with Gasteiger partial charge in [-0.1, -0.05) is 18.2 Å². The largest absolute Gasteiger partial charge is 0.497 e. The summed E-state index contributed by atoms with van der Waals surface area (Å²) in [6, 6.07) is 10.3. The van der Waals surface area contributed by atoms with Gasteiger partial charge in [0.1, 0.15) is 17.2 Å². The number of hydrogen-bond donors (Lipinski definition) is 3. The predicted octanol–water partition coefficient (Wildman–Crippen LogP) is 4.40. The summed E-state index contributed by atoms with van der Waals surface area (Å²) in [5.74, 6) is -0.222. The molecule has 192 valence electrons. The Balaban J connectivity index is 2.36. The second-order valence-corrected chi connectivity index (χ2v) is 10.5. The minimum Gasteiger partial charge on any atom is -0.497 e. The minimum atomic E-state index is -1.16. The standard InChI is InChI=1S/C27H37FN2O5/c1-26(2,3)30-24(32)20-13-12-19(34-7)14-18(20)16-23(31)22(29-25(33)35-27(4,5)6)15-17-10-8-9-11-21(17)28/h8-14,22-23,31H,15-16H2,1-7H3,(H,29,33)(H,30,32)/t22-,23-/m1/s1. The number of hydrogen-bond acceptors (Lipinski definition) is 5. The zero-order valence-corrected chi connectivity index (χ0v) is 21.6. The Kier molecular flexibility index (Phi) is 9.26. The van der Waals surface area contributed by atoms with E-state index in [1.165, 1.54) is 13.2 Å². The summed E-state index contributed by atoms with van der Waals surface area (Å²) < 4.78 is 25.0. The third kappa shape index (κ3) is 9.20. The van der Waals surface area contributed by atoms with E-state index in [-0.39, 0.29) is 18.7 Å². The van der Waals surface area contributed by atoms with Crippen LogP contribution in [0.4, 0.5) is 9.18 Å². The topological polar surface area (TPSA) is 96.9 Å². The summed E-state index contributed by atoms with van der Waals surface area (Å²) in [7, 11) is 1.51. The molecule has 8 heteroatoms. The minimum absolute atomic E-state index is 0.0129. The highest BCUT2D eigenvalue weighted by Crippen LogP contribution is 2.22. The van der Waals surface area contributed by atoms with E-state index in [4.69, 9.17) is 9.47 Å². The number of aliphatic hydroxyl groups excluding tert-OH is 1. The van der Waals surface area contributed by atoms with Gasteiger partial charge in [0.25, 0.3) is 5.91 Å². The van der Waals surface area contributed by atoms with Crippen LogP contribution in [0, 0.1) is 5.82 Å². The van der Waals surface area contributed by atoms with Crippen molar-refractivity contribution in [1.29, 1.82) is 0 Å². The molecule has 0 aromatic heterocycles. The number of ether oxygens (including phenoxy) is 2. The first-order chi connectivity index (χ1) is 16.2. The number of carbonyl (C=O) groups is 2. The average molecular weight is 489 g/mol. The predicted molar refractivity (Wildman–Crippen MR) is 133 cm³/mol. The molecule has 2 rings (SSSR count). The van der Waals surface area contributed by atoms with E-state index in [9.17, 15) is 19.1 Å². The van der Waals surface area contributed by atoms with Gasteiger partial charge in [0.2, 0.25) is 0 Å². The monoisotopic (exact) mass is 488 g/mol. The first kappa shape index (κ1) is 28.1. The van der Waals surface area contributed by atoms with Gasteiger partial charge in [-0.05, 0) is 83.4 Å². The molecule has 2 atom stereocenters. The zero-order chi connectivity index (χ0) is 26.4. The molecule has 0 aliphatic rings. The fourth-order valence-corrected chi connectivity index (χ4v) is 3.51. The van der Waals surface area contributed by atoms with E-state index in [1.54, 1.807) is 57.2 Å². The Labute approximate surface area is 207 Å². The van der Waals surface area contributed by atoms with Crippen molar-refractivity contribution >= 4 is 12.0 Å². The molecule has 0 radical (unpaired) electrons. The van der Waals surface area contributed by atoms with Crippen LogP contribution in [0.25, 0.3) is 0 Å². The maximum Gasteiger partial charge on any atom is 0.407 e. The van der Waals surface area contributed by atoms with Crippen LogP contribution in [0.5, 0.6) is 5.75 Å². The lowest BCUT2D eigenvalue weighted by Crippen LogP contribution is -2.48. The lowest BCUT2D eigenvalue weighted by atomic mass is 9.93. The normalized spacial score (nSPS) is 13.5. The summed E-state index contributed by atoms with van der Waals surface area (Å²) in [5, 5.41) is 16.8. The Morgan fingerprint density at radius 1 is 1.00 bits per heavy atom. The number of alkyl carbamates (subject to hydrolysis) is 1. The first-order valence-corrected chi connectivity index (χ1v) is 11.6. The summed E-state index contributed by atoms with van der Waals surface area (Å²) >= 11 is 0. The SMILES string of the molecule is COc1ccc(C(=O)NC(C)(C)C)c(C[C@@H](O)[C@@H](Cc2ccccc2F)NC(=O)OC(C)(C)C)c1. The van der Waals surface area contributed by atoms with E-state index in [2.05, 4.69) is 10.6 Å². The molecule has 7 nitrogen and oxygen atoms in total. The van der Waals surface area contributed by atoms with E-state index >= 15 is 0 Å². The molecule has 0 bridgehead atoms. The van der Waals surface area contributed by atoms with Crippen molar-refractivity contribution in [3.8, 4) is 5.75 Å². The van der Waals surface area contributed by atoms with Gasteiger partial charge in [-0.25, -0.2) is 9.18 Å². The highest BCUT2D eigenvalue weighted by molar-refractivity contribution is 5.96. The molecule has 2 aromatic rings. The molecule has 0 aliphatic heterocycles. The fourth-order valence-electron chi connectivity index (χ4n) is 3.51. The summed E-state index contributed by atoms with van der Waals surface area (Å²) in [5.41, 5.74) is 0.0370. The van der Waals surface area contributed by atoms with E-state index in [0.717, 1.165) is 0 Å². The van der Waals surface area contributed by atoms with Gasteiger partial charge < -0.3 is 25.2 Å². The third-order valence-electron chi connectivity index (χ3n) is 5.04. The molecule has 0 unspecified atom stereocenters. The summed E-state index contributed by atoms with van der Waals surface area (Å²) in [6.07, 6.45) is -1.84. The Hall–Kier alpha value is -3.13. The van der Waals surface area contributed by atoms with Gasteiger partial charge in [0.15, 0.2) is 0 Å². The summed E-state index contributed by atoms with van der Waals surface area (Å²) in [6.45, 7) is 10.8. The third-order valence-corrected chi connectivity index (χ3v) is 5.04. The van der Waals surface area contributed by atoms with Crippen LogP contribution in [0.2, 0.25) is 0 Å². The van der Waals surface area contributed by atoms with E-state index < -0.39 is 35.2 Å². The number of nitrogens with one attached hydrogen (secondary N) is 2. The average Bonchev–Trinajstić information content (AvgIpc) is 2.72. The molecule has 2 amide bonds. The molecule has 3 N–H and O–H groups in total. The van der Waals surface area contributed by atoms with Crippen molar-refractivity contribution < 1.29 is 28.6 Å². The molecule has 0 fully saturated rings. The number of halogens is 1. The van der Waals surface area contributed by atoms with Gasteiger partial charge in [-0.15, -0.1) is 0 Å². The highest BCUT2D eigenvalue weighted by Gasteiger charge is 2.28. The molecular weight excluding hydrogens is 451 g/mol. The second-order valence-electron chi connectivity index (χ2n) is 10.5. The Morgan fingerprint density at radius 2 is 1.66 bits per heavy atom. The van der Waals surface area contributed by atoms with Crippen molar-refractivity contribution in [3.63, 3.8) is 0 Å². The first-order valence-electron chi connectivity index (χ1n) is 11.6. The fraction of sp³-hybridized carbons (Fsp3) is 0.481. The van der Waals surface area contributed by atoms with Crippen LogP contribution in [-0.4, -0.2) is 47.5 Å². The van der Waals surface area contributed by atoms with Crippen LogP contribution >= 0.6 is 0 Å². The molecule has 0 heterocycles. The Bertz CT molecular complexity index is 1030. The lowest BCUT2D eigenvalue weighted by Gasteiger charge is -2.28. The van der Waals surface area contributed by atoms with Gasteiger partial charge in [0, 0.05) is 17.5 Å². The van der Waals surface area contributed by atoms with Crippen LogP contribution in [-0.2, 0) is 17.6 Å². The van der Waals surface area contributed by atoms with Crippen molar-refractivity contribution in [2.24, 2.45) is 0 Å². The molecule has 0 saturated heterocycles. The molecule has 0 aliphatic carbocycles. The number of methoxy groups -OCH3 is 1. The lowest BCUT2D eigenvalue weighted by molar-refractivity contribution is 0.0421. The molecule has 2 aromatic carbocycles. The zero-order valence-electron chi connectivity index (χ0n) is 21.6. The maximum atomic E-state index is 14.4. The number of benzene rings is 2. The van der Waals surface area contributed by atoms with Gasteiger partial charge >= 0.3 is 6.09 Å². The number of carbonyl (C=O) groups excluding carboxylic acids is 2. The van der Waals surface area contributed by atoms with Crippen LogP contribution < -0.4 is 15.4 Å². The highest BCUT2D eigenvalue weighted by atomic mass is 19.1. The number of aliphatic hydroxyl groups is 1. The summed E-state index contributed by atoms with van der Waals surface area (Å²) in [4.78, 5) is 25.4. The molecular formula is C27H37FN2O5. The quantitative estimate of drug-likeness (QED) is 0.512. The van der Waals surface area contributed by atoms with Crippen molar-refractivity contribution in [3.05, 3.63) is 65.0 Å².